The number of hydrogen-bond acceptors (Lipinski definition) is 4. The second-order valence-electron chi connectivity index (χ2n) is 6.28. The van der Waals surface area contributed by atoms with Crippen molar-refractivity contribution in [2.45, 2.75) is 6.92 Å². The maximum atomic E-state index is 12.5. The Morgan fingerprint density at radius 1 is 1.13 bits per heavy atom. The van der Waals surface area contributed by atoms with Gasteiger partial charge in [-0.05, 0) is 67.7 Å². The number of carbonyl (C=O) groups is 1. The molecule has 0 heterocycles. The summed E-state index contributed by atoms with van der Waals surface area (Å²) in [6.07, 6.45) is 1.52. The number of ether oxygens (including phenoxy) is 1. The van der Waals surface area contributed by atoms with Crippen molar-refractivity contribution < 1.29 is 9.53 Å². The topological polar surface area (TPSA) is 62.7 Å². The molecule has 0 unspecified atom stereocenters. The first-order valence-electron chi connectivity index (χ1n) is 8.85. The van der Waals surface area contributed by atoms with Gasteiger partial charge in [-0.15, -0.1) is 0 Å². The Kier molecular flexibility index (Phi) is 7.57. The van der Waals surface area contributed by atoms with Gasteiger partial charge in [0.2, 0.25) is 0 Å². The number of hydrazone groups is 1. The van der Waals surface area contributed by atoms with Gasteiger partial charge in [0.15, 0.2) is 5.11 Å². The number of thiocarbonyl (C=S) groups is 1. The fourth-order valence-electron chi connectivity index (χ4n) is 2.53. The lowest BCUT2D eigenvalue weighted by Crippen LogP contribution is -2.23. The van der Waals surface area contributed by atoms with Crippen molar-refractivity contribution in [2.75, 3.05) is 5.32 Å². The third-order valence-corrected chi connectivity index (χ3v) is 4.80. The van der Waals surface area contributed by atoms with E-state index in [9.17, 15) is 4.79 Å². The zero-order valence-electron chi connectivity index (χ0n) is 15.9. The van der Waals surface area contributed by atoms with E-state index >= 15 is 0 Å². The Hall–Kier alpha value is -2.74. The summed E-state index contributed by atoms with van der Waals surface area (Å²) in [7, 11) is 0. The lowest BCUT2D eigenvalue weighted by molar-refractivity contribution is 0.0734. The van der Waals surface area contributed by atoms with Crippen molar-refractivity contribution in [2.24, 2.45) is 5.10 Å². The molecule has 2 N–H and O–H groups in total. The zero-order chi connectivity index (χ0) is 21.5. The van der Waals surface area contributed by atoms with E-state index in [2.05, 4.69) is 31.8 Å². The van der Waals surface area contributed by atoms with Gasteiger partial charge in [0.1, 0.15) is 5.75 Å². The smallest absolute Gasteiger partial charge is 0.343 e. The van der Waals surface area contributed by atoms with E-state index in [1.807, 2.05) is 31.2 Å². The van der Waals surface area contributed by atoms with Crippen LogP contribution in [-0.4, -0.2) is 17.3 Å². The summed E-state index contributed by atoms with van der Waals surface area (Å²) < 4.78 is 6.38. The third kappa shape index (κ3) is 6.38. The molecule has 0 aliphatic carbocycles. The molecule has 8 heteroatoms. The monoisotopic (exact) mass is 501 g/mol. The quantitative estimate of drug-likeness (QED) is 0.148. The van der Waals surface area contributed by atoms with Gasteiger partial charge in [0.25, 0.3) is 0 Å². The average molecular weight is 503 g/mol. The second-order valence-corrected chi connectivity index (χ2v) is 8.04. The number of carbonyl (C=O) groups excluding carboxylic acids is 1. The van der Waals surface area contributed by atoms with Gasteiger partial charge in [-0.1, -0.05) is 51.3 Å². The van der Waals surface area contributed by atoms with Crippen LogP contribution >= 0.6 is 39.7 Å². The first-order valence-corrected chi connectivity index (χ1v) is 10.4. The summed E-state index contributed by atoms with van der Waals surface area (Å²) in [4.78, 5) is 12.5. The van der Waals surface area contributed by atoms with E-state index in [0.717, 1.165) is 15.7 Å². The van der Waals surface area contributed by atoms with Crippen LogP contribution in [0.3, 0.4) is 0 Å². The number of hydrogen-bond donors (Lipinski definition) is 2. The molecule has 0 aliphatic heterocycles. The van der Waals surface area contributed by atoms with Gasteiger partial charge < -0.3 is 10.1 Å². The lowest BCUT2D eigenvalue weighted by Gasteiger charge is -2.09. The Balaban J connectivity index is 1.68. The second kappa shape index (κ2) is 10.3. The van der Waals surface area contributed by atoms with E-state index < -0.39 is 5.97 Å². The van der Waals surface area contributed by atoms with Crippen LogP contribution in [0, 0.1) is 6.92 Å². The van der Waals surface area contributed by atoms with Gasteiger partial charge in [0.05, 0.1) is 11.8 Å². The molecule has 0 aliphatic rings. The van der Waals surface area contributed by atoms with Crippen LogP contribution < -0.4 is 15.5 Å². The summed E-state index contributed by atoms with van der Waals surface area (Å²) in [5.41, 5.74) is 5.53. The highest BCUT2D eigenvalue weighted by atomic mass is 79.9. The van der Waals surface area contributed by atoms with Gasteiger partial charge in [0, 0.05) is 20.7 Å². The first kappa shape index (κ1) is 22.0. The van der Waals surface area contributed by atoms with Crippen molar-refractivity contribution in [1.29, 1.82) is 0 Å². The molecular weight excluding hydrogens is 486 g/mol. The number of benzene rings is 3. The largest absolute Gasteiger partial charge is 0.422 e. The maximum Gasteiger partial charge on any atom is 0.343 e. The molecule has 30 heavy (non-hydrogen) atoms. The van der Waals surface area contributed by atoms with E-state index in [1.54, 1.807) is 42.5 Å². The Labute approximate surface area is 193 Å². The summed E-state index contributed by atoms with van der Waals surface area (Å²) in [6, 6.07) is 19.7. The van der Waals surface area contributed by atoms with Crippen LogP contribution in [0.25, 0.3) is 0 Å². The number of nitrogens with one attached hydrogen (secondary N) is 2. The lowest BCUT2D eigenvalue weighted by atomic mass is 10.1. The molecule has 0 saturated carbocycles. The predicted molar refractivity (Wildman–Crippen MR) is 129 cm³/mol. The number of aryl methyl sites for hydroxylation is 1. The zero-order valence-corrected chi connectivity index (χ0v) is 19.0. The van der Waals surface area contributed by atoms with Crippen molar-refractivity contribution >= 4 is 62.7 Å². The highest BCUT2D eigenvalue weighted by Crippen LogP contribution is 2.23. The number of rotatable bonds is 5. The SMILES string of the molecule is Cc1cccc(C(=O)Oc2ccc(Br)cc2C=NNC(=S)Nc2cccc(Cl)c2)c1. The summed E-state index contributed by atoms with van der Waals surface area (Å²) in [5, 5.41) is 8.00. The number of halogens is 2. The predicted octanol–water partition coefficient (Wildman–Crippen LogP) is 5.95. The van der Waals surface area contributed by atoms with Crippen molar-refractivity contribution in [3.8, 4) is 5.75 Å². The fourth-order valence-corrected chi connectivity index (χ4v) is 3.27. The van der Waals surface area contributed by atoms with Crippen LogP contribution in [0.15, 0.2) is 76.3 Å². The summed E-state index contributed by atoms with van der Waals surface area (Å²) >= 11 is 14.6. The first-order chi connectivity index (χ1) is 14.4. The number of anilines is 1. The molecule has 3 aromatic carbocycles. The normalized spacial score (nSPS) is 10.6. The van der Waals surface area contributed by atoms with E-state index in [0.29, 0.717) is 27.0 Å². The molecular formula is C22H17BrClN3O2S. The summed E-state index contributed by atoms with van der Waals surface area (Å²) in [6.45, 7) is 1.92. The average Bonchev–Trinajstić information content (AvgIpc) is 2.70. The van der Waals surface area contributed by atoms with Gasteiger partial charge in [-0.2, -0.15) is 5.10 Å². The fraction of sp³-hybridized carbons (Fsp3) is 0.0455. The molecule has 0 atom stereocenters. The van der Waals surface area contributed by atoms with E-state index in [1.165, 1.54) is 6.21 Å². The van der Waals surface area contributed by atoms with Crippen LogP contribution in [0.5, 0.6) is 5.75 Å². The molecule has 0 radical (unpaired) electrons. The van der Waals surface area contributed by atoms with Crippen molar-refractivity contribution in [1.82, 2.24) is 5.43 Å². The minimum Gasteiger partial charge on any atom is -0.422 e. The molecule has 3 aromatic rings. The van der Waals surface area contributed by atoms with Crippen LogP contribution in [-0.2, 0) is 0 Å². The van der Waals surface area contributed by atoms with Gasteiger partial charge in [-0.25, -0.2) is 4.79 Å². The number of esters is 1. The van der Waals surface area contributed by atoms with Gasteiger partial charge in [-0.3, -0.25) is 5.43 Å². The summed E-state index contributed by atoms with van der Waals surface area (Å²) in [5.74, 6) is -0.0641. The molecule has 0 saturated heterocycles. The Morgan fingerprint density at radius 3 is 2.70 bits per heavy atom. The maximum absolute atomic E-state index is 12.5. The van der Waals surface area contributed by atoms with Crippen LogP contribution in [0.4, 0.5) is 5.69 Å². The van der Waals surface area contributed by atoms with Crippen LogP contribution in [0.2, 0.25) is 5.02 Å². The minimum absolute atomic E-state index is 0.293. The molecule has 0 amide bonds. The van der Waals surface area contributed by atoms with Crippen molar-refractivity contribution in [3.05, 3.63) is 92.9 Å². The van der Waals surface area contributed by atoms with Gasteiger partial charge >= 0.3 is 5.97 Å². The van der Waals surface area contributed by atoms with E-state index in [-0.39, 0.29) is 0 Å². The third-order valence-electron chi connectivity index (χ3n) is 3.88. The standard InChI is InChI=1S/C22H17BrClN3O2S/c1-14-4-2-5-15(10-14)21(28)29-20-9-8-17(23)11-16(20)13-25-27-22(30)26-19-7-3-6-18(24)12-19/h2-13H,1H3,(H2,26,27,30). The molecule has 3 rings (SSSR count). The Morgan fingerprint density at radius 2 is 1.93 bits per heavy atom. The van der Waals surface area contributed by atoms with Crippen molar-refractivity contribution in [3.63, 3.8) is 0 Å². The number of nitrogens with zero attached hydrogens (tertiary/aromatic N) is 1. The molecule has 0 bridgehead atoms. The van der Waals surface area contributed by atoms with Crippen LogP contribution in [0.1, 0.15) is 21.5 Å². The molecule has 5 nitrogen and oxygen atoms in total. The highest BCUT2D eigenvalue weighted by molar-refractivity contribution is 9.10. The van der Waals surface area contributed by atoms with E-state index in [4.69, 9.17) is 28.6 Å². The molecule has 0 aromatic heterocycles. The molecule has 0 fully saturated rings. The highest BCUT2D eigenvalue weighted by Gasteiger charge is 2.11. The minimum atomic E-state index is -0.443. The Bertz CT molecular complexity index is 1120. The molecule has 0 spiro atoms. The molecule has 152 valence electrons.